The van der Waals surface area contributed by atoms with Crippen LogP contribution in [0.25, 0.3) is 0 Å². The molecule has 1 atom stereocenters. The van der Waals surface area contributed by atoms with Crippen LogP contribution in [0.15, 0.2) is 72.9 Å². The SMILES string of the molecule is CCCCCC=CCC=CCC=CCC=CCCCC(=O)Oc1ccc(C[C@H](N)C(=O)O)cc1. The van der Waals surface area contributed by atoms with Crippen LogP contribution in [0.5, 0.6) is 5.75 Å². The van der Waals surface area contributed by atoms with Crippen molar-refractivity contribution in [3.8, 4) is 5.75 Å². The van der Waals surface area contributed by atoms with Crippen LogP contribution < -0.4 is 10.5 Å². The molecule has 1 rings (SSSR count). The molecule has 0 aliphatic rings. The highest BCUT2D eigenvalue weighted by molar-refractivity contribution is 5.73. The maximum absolute atomic E-state index is 12.0. The van der Waals surface area contributed by atoms with Gasteiger partial charge in [-0.1, -0.05) is 80.5 Å². The van der Waals surface area contributed by atoms with Crippen molar-refractivity contribution in [3.05, 3.63) is 78.4 Å². The monoisotopic (exact) mass is 467 g/mol. The first-order chi connectivity index (χ1) is 16.5. The van der Waals surface area contributed by atoms with Gasteiger partial charge in [-0.25, -0.2) is 0 Å². The van der Waals surface area contributed by atoms with Crippen LogP contribution in [0.1, 0.15) is 76.7 Å². The zero-order valence-corrected chi connectivity index (χ0v) is 20.5. The Kier molecular flexibility index (Phi) is 16.7. The predicted molar refractivity (Wildman–Crippen MR) is 140 cm³/mol. The van der Waals surface area contributed by atoms with E-state index in [0.717, 1.165) is 37.7 Å². The average molecular weight is 468 g/mol. The van der Waals surface area contributed by atoms with Gasteiger partial charge in [0.25, 0.3) is 0 Å². The second-order valence-electron chi connectivity index (χ2n) is 8.25. The summed E-state index contributed by atoms with van der Waals surface area (Å²) in [4.78, 5) is 22.8. The van der Waals surface area contributed by atoms with Gasteiger partial charge in [-0.15, -0.1) is 0 Å². The van der Waals surface area contributed by atoms with Crippen molar-refractivity contribution < 1.29 is 19.4 Å². The fraction of sp³-hybridized carbons (Fsp3) is 0.448. The molecule has 3 N–H and O–H groups in total. The molecule has 0 aliphatic heterocycles. The summed E-state index contributed by atoms with van der Waals surface area (Å²) in [5, 5.41) is 8.85. The molecule has 0 amide bonds. The molecule has 5 heteroatoms. The average Bonchev–Trinajstić information content (AvgIpc) is 2.82. The fourth-order valence-corrected chi connectivity index (χ4v) is 3.14. The zero-order valence-electron chi connectivity index (χ0n) is 20.5. The number of esters is 1. The van der Waals surface area contributed by atoms with Gasteiger partial charge in [-0.2, -0.15) is 0 Å². The number of nitrogens with two attached hydrogens (primary N) is 1. The molecule has 1 aromatic carbocycles. The minimum Gasteiger partial charge on any atom is -0.480 e. The van der Waals surface area contributed by atoms with Crippen molar-refractivity contribution in [2.24, 2.45) is 5.73 Å². The molecule has 0 saturated carbocycles. The van der Waals surface area contributed by atoms with Crippen LogP contribution in [-0.4, -0.2) is 23.1 Å². The second kappa shape index (κ2) is 19.5. The first kappa shape index (κ1) is 29.1. The molecule has 34 heavy (non-hydrogen) atoms. The number of aliphatic carboxylic acids is 1. The molecule has 0 aromatic heterocycles. The summed E-state index contributed by atoms with van der Waals surface area (Å²) in [6, 6.07) is 5.84. The second-order valence-corrected chi connectivity index (χ2v) is 8.25. The van der Waals surface area contributed by atoms with Gasteiger partial charge in [0.1, 0.15) is 11.8 Å². The van der Waals surface area contributed by atoms with E-state index in [1.807, 2.05) is 0 Å². The van der Waals surface area contributed by atoms with Crippen molar-refractivity contribution in [1.29, 1.82) is 0 Å². The number of carboxylic acid groups (broad SMARTS) is 1. The lowest BCUT2D eigenvalue weighted by Crippen LogP contribution is -2.32. The van der Waals surface area contributed by atoms with Crippen molar-refractivity contribution in [2.45, 2.75) is 83.6 Å². The first-order valence-corrected chi connectivity index (χ1v) is 12.4. The number of hydrogen-bond donors (Lipinski definition) is 2. The maximum Gasteiger partial charge on any atom is 0.320 e. The molecule has 0 unspecified atom stereocenters. The van der Waals surface area contributed by atoms with Gasteiger partial charge in [0, 0.05) is 6.42 Å². The van der Waals surface area contributed by atoms with Crippen LogP contribution in [0, 0.1) is 0 Å². The topological polar surface area (TPSA) is 89.6 Å². The van der Waals surface area contributed by atoms with Crippen LogP contribution in [0.4, 0.5) is 0 Å². The van der Waals surface area contributed by atoms with Crippen LogP contribution in [-0.2, 0) is 16.0 Å². The molecule has 186 valence electrons. The van der Waals surface area contributed by atoms with E-state index in [1.165, 1.54) is 25.7 Å². The molecule has 0 heterocycles. The number of unbranched alkanes of at least 4 members (excludes halogenated alkanes) is 4. The van der Waals surface area contributed by atoms with Crippen LogP contribution in [0.2, 0.25) is 0 Å². The van der Waals surface area contributed by atoms with E-state index in [-0.39, 0.29) is 12.4 Å². The maximum atomic E-state index is 12.0. The van der Waals surface area contributed by atoms with Gasteiger partial charge in [0.15, 0.2) is 0 Å². The Hall–Kier alpha value is -2.92. The predicted octanol–water partition coefficient (Wildman–Crippen LogP) is 6.69. The molecular formula is C29H41NO4. The van der Waals surface area contributed by atoms with Gasteiger partial charge in [-0.05, 0) is 69.1 Å². The van der Waals surface area contributed by atoms with E-state index < -0.39 is 12.0 Å². The van der Waals surface area contributed by atoms with Crippen molar-refractivity contribution in [2.75, 3.05) is 0 Å². The zero-order chi connectivity index (χ0) is 24.9. The lowest BCUT2D eigenvalue weighted by Gasteiger charge is -2.08. The van der Waals surface area contributed by atoms with E-state index >= 15 is 0 Å². The van der Waals surface area contributed by atoms with Gasteiger partial charge < -0.3 is 15.6 Å². The van der Waals surface area contributed by atoms with Crippen LogP contribution >= 0.6 is 0 Å². The summed E-state index contributed by atoms with van der Waals surface area (Å²) < 4.78 is 5.32. The number of carbonyl (C=O) groups excluding carboxylic acids is 1. The third-order valence-corrected chi connectivity index (χ3v) is 5.14. The molecule has 5 nitrogen and oxygen atoms in total. The Labute approximate surface area is 205 Å². The molecule has 0 bridgehead atoms. The standard InChI is InChI=1S/C29H41NO4/c1-2-3-4-5-6-7-8-9-10-11-12-13-14-15-16-17-18-19-28(31)34-26-22-20-25(21-23-26)24-27(30)29(32)33/h6-7,9-10,12-13,15-16,20-23,27H,2-5,8,11,14,17-19,24,30H2,1H3,(H,32,33)/t27-/m0/s1. The molecule has 0 spiro atoms. The molecule has 0 saturated heterocycles. The Morgan fingerprint density at radius 2 is 1.38 bits per heavy atom. The Bertz CT molecular complexity index is 806. The third-order valence-electron chi connectivity index (χ3n) is 5.14. The molecule has 0 aliphatic carbocycles. The summed E-state index contributed by atoms with van der Waals surface area (Å²) in [6.45, 7) is 2.23. The highest BCUT2D eigenvalue weighted by atomic mass is 16.5. The van der Waals surface area contributed by atoms with E-state index in [9.17, 15) is 9.59 Å². The van der Waals surface area contributed by atoms with Crippen molar-refractivity contribution >= 4 is 11.9 Å². The summed E-state index contributed by atoms with van der Waals surface area (Å²) >= 11 is 0. The minimum atomic E-state index is -1.04. The van der Waals surface area contributed by atoms with Crippen molar-refractivity contribution in [1.82, 2.24) is 0 Å². The van der Waals surface area contributed by atoms with E-state index in [4.69, 9.17) is 15.6 Å². The van der Waals surface area contributed by atoms with Gasteiger partial charge in [0.2, 0.25) is 0 Å². The molecule has 0 radical (unpaired) electrons. The first-order valence-electron chi connectivity index (χ1n) is 12.4. The number of carbonyl (C=O) groups is 2. The summed E-state index contributed by atoms with van der Waals surface area (Å²) in [5.41, 5.74) is 6.31. The van der Waals surface area contributed by atoms with E-state index in [1.54, 1.807) is 24.3 Å². The van der Waals surface area contributed by atoms with Gasteiger partial charge in [-0.3, -0.25) is 9.59 Å². The molecule has 0 fully saturated rings. The number of rotatable bonds is 18. The Morgan fingerprint density at radius 3 is 1.91 bits per heavy atom. The fourth-order valence-electron chi connectivity index (χ4n) is 3.14. The highest BCUT2D eigenvalue weighted by Crippen LogP contribution is 2.14. The minimum absolute atomic E-state index is 0.235. The quantitative estimate of drug-likeness (QED) is 0.109. The summed E-state index contributed by atoms with van der Waals surface area (Å²) in [5.74, 6) is -0.856. The van der Waals surface area contributed by atoms with Gasteiger partial charge >= 0.3 is 11.9 Å². The normalized spacial score (nSPS) is 12.9. The van der Waals surface area contributed by atoms with E-state index in [0.29, 0.717) is 12.2 Å². The highest BCUT2D eigenvalue weighted by Gasteiger charge is 2.12. The summed E-state index contributed by atoms with van der Waals surface area (Å²) in [7, 11) is 0. The number of allylic oxidation sites excluding steroid dienone is 8. The lowest BCUT2D eigenvalue weighted by atomic mass is 10.1. The number of ether oxygens (including phenoxy) is 1. The largest absolute Gasteiger partial charge is 0.480 e. The number of benzene rings is 1. The van der Waals surface area contributed by atoms with Gasteiger partial charge in [0.05, 0.1) is 0 Å². The smallest absolute Gasteiger partial charge is 0.320 e. The number of hydrogen-bond acceptors (Lipinski definition) is 4. The summed E-state index contributed by atoms with van der Waals surface area (Å²) in [6.07, 6.45) is 27.5. The van der Waals surface area contributed by atoms with Crippen molar-refractivity contribution in [3.63, 3.8) is 0 Å². The lowest BCUT2D eigenvalue weighted by molar-refractivity contribution is -0.138. The Morgan fingerprint density at radius 1 is 0.853 bits per heavy atom. The Balaban J connectivity index is 2.08. The molecule has 1 aromatic rings. The number of carboxylic acids is 1. The van der Waals surface area contributed by atoms with Crippen LogP contribution in [0.3, 0.4) is 0 Å². The molecular weight excluding hydrogens is 426 g/mol. The van der Waals surface area contributed by atoms with E-state index in [2.05, 4.69) is 55.5 Å². The third kappa shape index (κ3) is 15.8.